The molecule has 29 heavy (non-hydrogen) atoms. The highest BCUT2D eigenvalue weighted by Crippen LogP contribution is 2.21. The first-order valence-electron chi connectivity index (χ1n) is 9.39. The lowest BCUT2D eigenvalue weighted by Gasteiger charge is -2.16. The summed E-state index contributed by atoms with van der Waals surface area (Å²) < 4.78 is 20.3. The Morgan fingerprint density at radius 3 is 2.79 bits per heavy atom. The first-order valence-corrected chi connectivity index (χ1v) is 10.4. The number of thioether (sulfide) groups is 1. The summed E-state index contributed by atoms with van der Waals surface area (Å²) in [7, 11) is 0. The number of carbonyl (C=O) groups excluding carboxylic acids is 1. The molecular weight excluding hydrogens is 393 g/mol. The quantitative estimate of drug-likeness (QED) is 0.495. The van der Waals surface area contributed by atoms with Gasteiger partial charge < -0.3 is 10.1 Å². The molecule has 1 N–H and O–H groups in total. The molecule has 8 heteroatoms. The van der Waals surface area contributed by atoms with E-state index in [2.05, 4.69) is 10.3 Å². The van der Waals surface area contributed by atoms with Crippen molar-refractivity contribution in [2.45, 2.75) is 30.6 Å². The minimum absolute atomic E-state index is 0.0250. The normalized spacial score (nSPS) is 16.2. The summed E-state index contributed by atoms with van der Waals surface area (Å²) >= 11 is 1.20. The van der Waals surface area contributed by atoms with Gasteiger partial charge in [0.15, 0.2) is 5.16 Å². The molecule has 6 nitrogen and oxygen atoms in total. The largest absolute Gasteiger partial charge is 0.376 e. The number of nitrogens with zero attached hydrogens (tertiary/aromatic N) is 2. The molecule has 1 atom stereocenters. The molecule has 1 aliphatic rings. The van der Waals surface area contributed by atoms with E-state index in [0.717, 1.165) is 12.8 Å². The number of fused-ring (bicyclic) bond motifs is 1. The van der Waals surface area contributed by atoms with E-state index >= 15 is 0 Å². The number of hydrogen-bond donors (Lipinski definition) is 1. The Morgan fingerprint density at radius 1 is 1.24 bits per heavy atom. The number of carbonyl (C=O) groups is 1. The fourth-order valence-corrected chi connectivity index (χ4v) is 4.08. The van der Waals surface area contributed by atoms with Gasteiger partial charge in [-0.25, -0.2) is 9.37 Å². The van der Waals surface area contributed by atoms with Crippen LogP contribution in [0.15, 0.2) is 58.5 Å². The molecule has 1 amide bonds. The second-order valence-corrected chi connectivity index (χ2v) is 7.75. The van der Waals surface area contributed by atoms with E-state index in [4.69, 9.17) is 4.74 Å². The van der Waals surface area contributed by atoms with Crippen LogP contribution in [0.2, 0.25) is 0 Å². The van der Waals surface area contributed by atoms with Gasteiger partial charge in [0.05, 0.1) is 29.3 Å². The lowest BCUT2D eigenvalue weighted by Crippen LogP contribution is -2.29. The first kappa shape index (κ1) is 19.6. The molecule has 2 aromatic carbocycles. The van der Waals surface area contributed by atoms with Gasteiger partial charge in [0.2, 0.25) is 5.91 Å². The monoisotopic (exact) mass is 413 g/mol. The van der Waals surface area contributed by atoms with Crippen molar-refractivity contribution in [1.29, 1.82) is 0 Å². The molecule has 2 heterocycles. The second-order valence-electron chi connectivity index (χ2n) is 6.81. The number of aromatic nitrogens is 2. The van der Waals surface area contributed by atoms with Gasteiger partial charge in [-0.2, -0.15) is 0 Å². The zero-order chi connectivity index (χ0) is 20.2. The molecule has 1 saturated heterocycles. The summed E-state index contributed by atoms with van der Waals surface area (Å²) in [5, 5.41) is 3.75. The van der Waals surface area contributed by atoms with Crippen molar-refractivity contribution in [3.8, 4) is 0 Å². The van der Waals surface area contributed by atoms with Gasteiger partial charge in [-0.05, 0) is 49.2 Å². The minimum Gasteiger partial charge on any atom is -0.376 e. The van der Waals surface area contributed by atoms with Crippen LogP contribution in [0.4, 0.5) is 10.1 Å². The Kier molecular flexibility index (Phi) is 5.92. The van der Waals surface area contributed by atoms with Crippen molar-refractivity contribution >= 4 is 34.3 Å². The summed E-state index contributed by atoms with van der Waals surface area (Å²) in [5.41, 5.74) is 0.982. The van der Waals surface area contributed by atoms with Gasteiger partial charge in [0.25, 0.3) is 5.56 Å². The molecule has 0 unspecified atom stereocenters. The maximum absolute atomic E-state index is 13.0. The van der Waals surface area contributed by atoms with E-state index in [1.165, 1.54) is 36.0 Å². The minimum atomic E-state index is -0.365. The Hall–Kier alpha value is -2.71. The van der Waals surface area contributed by atoms with Gasteiger partial charge in [0.1, 0.15) is 5.82 Å². The smallest absolute Gasteiger partial charge is 0.262 e. The Morgan fingerprint density at radius 2 is 2.03 bits per heavy atom. The second kappa shape index (κ2) is 8.75. The number of rotatable bonds is 6. The van der Waals surface area contributed by atoms with Crippen molar-refractivity contribution in [3.05, 3.63) is 64.7 Å². The Bertz CT molecular complexity index is 1080. The third-order valence-corrected chi connectivity index (χ3v) is 5.67. The zero-order valence-corrected chi connectivity index (χ0v) is 16.5. The van der Waals surface area contributed by atoms with Gasteiger partial charge in [-0.3, -0.25) is 14.2 Å². The van der Waals surface area contributed by atoms with Crippen molar-refractivity contribution in [3.63, 3.8) is 0 Å². The number of nitrogens with one attached hydrogen (secondary N) is 1. The number of amides is 1. The Labute approximate surface area is 171 Å². The molecule has 1 aromatic heterocycles. The van der Waals surface area contributed by atoms with Crippen LogP contribution in [0.3, 0.4) is 0 Å². The Balaban J connectivity index is 1.55. The summed E-state index contributed by atoms with van der Waals surface area (Å²) in [4.78, 5) is 29.9. The van der Waals surface area contributed by atoms with Crippen LogP contribution >= 0.6 is 11.8 Å². The number of benzene rings is 2. The number of halogens is 1. The van der Waals surface area contributed by atoms with Gasteiger partial charge in [-0.15, -0.1) is 0 Å². The number of ether oxygens (including phenoxy) is 1. The zero-order valence-electron chi connectivity index (χ0n) is 15.6. The lowest BCUT2D eigenvalue weighted by atomic mass is 10.2. The average Bonchev–Trinajstić information content (AvgIpc) is 3.24. The summed E-state index contributed by atoms with van der Waals surface area (Å²) in [6, 6.07) is 12.8. The van der Waals surface area contributed by atoms with Crippen LogP contribution in [-0.2, 0) is 16.1 Å². The predicted molar refractivity (Wildman–Crippen MR) is 111 cm³/mol. The number of anilines is 1. The fourth-order valence-electron chi connectivity index (χ4n) is 3.27. The maximum Gasteiger partial charge on any atom is 0.262 e. The third-order valence-electron chi connectivity index (χ3n) is 4.70. The molecule has 3 aromatic rings. The molecular formula is C21H20FN3O3S. The summed E-state index contributed by atoms with van der Waals surface area (Å²) in [6.07, 6.45) is 1.85. The highest BCUT2D eigenvalue weighted by atomic mass is 32.2. The van der Waals surface area contributed by atoms with Crippen molar-refractivity contribution in [1.82, 2.24) is 9.55 Å². The molecule has 0 radical (unpaired) electrons. The number of para-hydroxylation sites is 1. The van der Waals surface area contributed by atoms with Crippen LogP contribution in [-0.4, -0.2) is 33.9 Å². The molecule has 4 rings (SSSR count). The van der Waals surface area contributed by atoms with Crippen LogP contribution in [0.5, 0.6) is 0 Å². The summed E-state index contributed by atoms with van der Waals surface area (Å²) in [5.74, 6) is -0.545. The van der Waals surface area contributed by atoms with E-state index in [9.17, 15) is 14.0 Å². The average molecular weight is 413 g/mol. The molecule has 0 aliphatic carbocycles. The molecule has 150 valence electrons. The molecule has 0 bridgehead atoms. The van der Waals surface area contributed by atoms with Crippen LogP contribution in [0, 0.1) is 5.82 Å². The van der Waals surface area contributed by atoms with Crippen molar-refractivity contribution in [2.75, 3.05) is 17.7 Å². The third kappa shape index (κ3) is 4.65. The van der Waals surface area contributed by atoms with E-state index in [1.54, 1.807) is 16.7 Å². The van der Waals surface area contributed by atoms with Gasteiger partial charge >= 0.3 is 0 Å². The number of hydrogen-bond acceptors (Lipinski definition) is 5. The lowest BCUT2D eigenvalue weighted by molar-refractivity contribution is -0.113. The van der Waals surface area contributed by atoms with Gasteiger partial charge in [0, 0.05) is 12.3 Å². The van der Waals surface area contributed by atoms with E-state index in [-0.39, 0.29) is 29.1 Å². The molecule has 0 spiro atoms. The van der Waals surface area contributed by atoms with Crippen molar-refractivity contribution in [2.24, 2.45) is 0 Å². The SMILES string of the molecule is O=C(CSc1nc2ccccc2c(=O)n1C[C@@H]1CCCO1)Nc1ccc(F)cc1. The standard InChI is InChI=1S/C21H20FN3O3S/c22-14-7-9-15(10-8-14)23-19(26)13-29-21-24-18-6-2-1-5-17(18)20(27)25(21)12-16-4-3-11-28-16/h1-2,5-10,16H,3-4,11-13H2,(H,23,26)/t16-/m0/s1. The molecule has 1 fully saturated rings. The molecule has 1 aliphatic heterocycles. The van der Waals surface area contributed by atoms with E-state index < -0.39 is 0 Å². The topological polar surface area (TPSA) is 73.2 Å². The highest BCUT2D eigenvalue weighted by molar-refractivity contribution is 7.99. The molecule has 0 saturated carbocycles. The van der Waals surface area contributed by atoms with Crippen LogP contribution < -0.4 is 10.9 Å². The first-order chi connectivity index (χ1) is 14.1. The fraction of sp³-hybridized carbons (Fsp3) is 0.286. The van der Waals surface area contributed by atoms with E-state index in [0.29, 0.717) is 34.9 Å². The van der Waals surface area contributed by atoms with Gasteiger partial charge in [-0.1, -0.05) is 23.9 Å². The van der Waals surface area contributed by atoms with Crippen LogP contribution in [0.25, 0.3) is 10.9 Å². The van der Waals surface area contributed by atoms with E-state index in [1.807, 2.05) is 12.1 Å². The summed E-state index contributed by atoms with van der Waals surface area (Å²) in [6.45, 7) is 1.11. The van der Waals surface area contributed by atoms with Crippen molar-refractivity contribution < 1.29 is 13.9 Å². The maximum atomic E-state index is 13.0. The van der Waals surface area contributed by atoms with Crippen LogP contribution in [0.1, 0.15) is 12.8 Å². The predicted octanol–water partition coefficient (Wildman–Crippen LogP) is 3.45. The highest BCUT2D eigenvalue weighted by Gasteiger charge is 2.20.